The average molecular weight is 249 g/mol. The minimum absolute atomic E-state index is 0.657. The molecule has 0 aliphatic heterocycles. The highest BCUT2D eigenvalue weighted by molar-refractivity contribution is 5.38. The summed E-state index contributed by atoms with van der Waals surface area (Å²) in [6.45, 7) is 11.9. The Morgan fingerprint density at radius 2 is 1.89 bits per heavy atom. The topological polar surface area (TPSA) is 28.2 Å². The first-order chi connectivity index (χ1) is 8.49. The summed E-state index contributed by atoms with van der Waals surface area (Å²) in [5.74, 6) is 2.40. The Kier molecular flexibility index (Phi) is 6.13. The largest absolute Gasteiger partial charge is 0.359 e. The molecule has 0 saturated carbocycles. The predicted octanol–water partition coefficient (Wildman–Crippen LogP) is 2.92. The van der Waals surface area contributed by atoms with Gasteiger partial charge in [-0.2, -0.15) is 0 Å². The highest BCUT2D eigenvalue weighted by atomic mass is 15.2. The van der Waals surface area contributed by atoms with Crippen molar-refractivity contribution in [3.8, 4) is 0 Å². The molecule has 3 heteroatoms. The van der Waals surface area contributed by atoms with Gasteiger partial charge in [-0.15, -0.1) is 0 Å². The monoisotopic (exact) mass is 249 g/mol. The number of nitrogens with zero attached hydrogens (tertiary/aromatic N) is 2. The van der Waals surface area contributed by atoms with E-state index in [4.69, 9.17) is 0 Å². The summed E-state index contributed by atoms with van der Waals surface area (Å²) in [5.41, 5.74) is 1.25. The van der Waals surface area contributed by atoms with Crippen LogP contribution in [0, 0.1) is 11.8 Å². The lowest BCUT2D eigenvalue weighted by Crippen LogP contribution is -2.23. The van der Waals surface area contributed by atoms with E-state index >= 15 is 0 Å². The zero-order valence-electron chi connectivity index (χ0n) is 12.4. The van der Waals surface area contributed by atoms with Crippen molar-refractivity contribution in [1.29, 1.82) is 0 Å². The summed E-state index contributed by atoms with van der Waals surface area (Å²) in [5, 5.41) is 3.43. The maximum atomic E-state index is 4.52. The molecule has 0 amide bonds. The highest BCUT2D eigenvalue weighted by Crippen LogP contribution is 2.11. The molecule has 1 aromatic heterocycles. The lowest BCUT2D eigenvalue weighted by atomic mass is 10.2. The average Bonchev–Trinajstić information content (AvgIpc) is 2.28. The number of aromatic nitrogens is 1. The predicted molar refractivity (Wildman–Crippen MR) is 78.9 cm³/mol. The second-order valence-electron chi connectivity index (χ2n) is 5.82. The Morgan fingerprint density at radius 3 is 2.39 bits per heavy atom. The fraction of sp³-hybridized carbons (Fsp3) is 0.667. The number of hydrogen-bond donors (Lipinski definition) is 1. The maximum absolute atomic E-state index is 4.52. The molecule has 1 rings (SSSR count). The van der Waals surface area contributed by atoms with Gasteiger partial charge in [-0.3, -0.25) is 0 Å². The molecule has 0 aliphatic rings. The van der Waals surface area contributed by atoms with Crippen LogP contribution in [0.5, 0.6) is 0 Å². The van der Waals surface area contributed by atoms with Crippen molar-refractivity contribution < 1.29 is 0 Å². The second kappa shape index (κ2) is 7.37. The normalized spacial score (nSPS) is 11.3. The molecule has 0 spiro atoms. The van der Waals surface area contributed by atoms with Crippen LogP contribution in [0.15, 0.2) is 18.3 Å². The lowest BCUT2D eigenvalue weighted by molar-refractivity contribution is 0.552. The van der Waals surface area contributed by atoms with Gasteiger partial charge < -0.3 is 10.2 Å². The summed E-state index contributed by atoms with van der Waals surface area (Å²) < 4.78 is 0. The van der Waals surface area contributed by atoms with Crippen LogP contribution in [0.3, 0.4) is 0 Å². The number of rotatable bonds is 7. The Labute approximate surface area is 112 Å². The lowest BCUT2D eigenvalue weighted by Gasteiger charge is -2.20. The van der Waals surface area contributed by atoms with Crippen LogP contribution in [0.25, 0.3) is 0 Å². The molecule has 1 heterocycles. The molecule has 0 aromatic carbocycles. The van der Waals surface area contributed by atoms with Crippen molar-refractivity contribution in [2.24, 2.45) is 11.8 Å². The molecule has 0 saturated heterocycles. The molecule has 0 radical (unpaired) electrons. The van der Waals surface area contributed by atoms with Gasteiger partial charge in [0.05, 0.1) is 0 Å². The van der Waals surface area contributed by atoms with Crippen molar-refractivity contribution in [3.05, 3.63) is 23.9 Å². The van der Waals surface area contributed by atoms with Crippen molar-refractivity contribution in [2.45, 2.75) is 34.2 Å². The Bertz CT molecular complexity index is 330. The molecule has 0 unspecified atom stereocenters. The third-order valence-corrected chi connectivity index (χ3v) is 2.72. The summed E-state index contributed by atoms with van der Waals surface area (Å²) in [6, 6.07) is 4.27. The fourth-order valence-electron chi connectivity index (χ4n) is 1.89. The smallest absolute Gasteiger partial charge is 0.128 e. The van der Waals surface area contributed by atoms with Gasteiger partial charge in [0.25, 0.3) is 0 Å². The molecule has 0 atom stereocenters. The summed E-state index contributed by atoms with van der Waals surface area (Å²) in [6.07, 6.45) is 1.97. The van der Waals surface area contributed by atoms with E-state index in [1.54, 1.807) is 0 Å². The number of pyridine rings is 1. The van der Waals surface area contributed by atoms with E-state index in [1.807, 2.05) is 6.20 Å². The van der Waals surface area contributed by atoms with Crippen LogP contribution in [-0.4, -0.2) is 25.1 Å². The third-order valence-electron chi connectivity index (χ3n) is 2.72. The Balaban J connectivity index is 2.46. The molecule has 0 fully saturated rings. The first-order valence-corrected chi connectivity index (χ1v) is 6.85. The molecule has 1 aromatic rings. The van der Waals surface area contributed by atoms with Crippen LogP contribution in [-0.2, 0) is 6.54 Å². The summed E-state index contributed by atoms with van der Waals surface area (Å²) in [7, 11) is 2.10. The minimum Gasteiger partial charge on any atom is -0.359 e. The van der Waals surface area contributed by atoms with Gasteiger partial charge in [-0.05, 0) is 30.0 Å². The van der Waals surface area contributed by atoms with Crippen molar-refractivity contribution in [3.63, 3.8) is 0 Å². The van der Waals surface area contributed by atoms with Gasteiger partial charge >= 0.3 is 0 Å². The molecular formula is C15H27N3. The van der Waals surface area contributed by atoms with E-state index in [-0.39, 0.29) is 0 Å². The van der Waals surface area contributed by atoms with Crippen LogP contribution in [0.2, 0.25) is 0 Å². The molecule has 18 heavy (non-hydrogen) atoms. The SMILES string of the molecule is CC(C)CNCc1ccc(N(C)CC(C)C)nc1. The van der Waals surface area contributed by atoms with Gasteiger partial charge in [-0.25, -0.2) is 4.98 Å². The van der Waals surface area contributed by atoms with Crippen molar-refractivity contribution >= 4 is 5.82 Å². The molecule has 3 nitrogen and oxygen atoms in total. The van der Waals surface area contributed by atoms with Gasteiger partial charge in [-0.1, -0.05) is 33.8 Å². The van der Waals surface area contributed by atoms with Crippen molar-refractivity contribution in [2.75, 3.05) is 25.0 Å². The van der Waals surface area contributed by atoms with E-state index in [1.165, 1.54) is 5.56 Å². The second-order valence-corrected chi connectivity index (χ2v) is 5.82. The van der Waals surface area contributed by atoms with E-state index in [0.29, 0.717) is 11.8 Å². The summed E-state index contributed by atoms with van der Waals surface area (Å²) >= 11 is 0. The maximum Gasteiger partial charge on any atom is 0.128 e. The van der Waals surface area contributed by atoms with Crippen LogP contribution in [0.1, 0.15) is 33.3 Å². The van der Waals surface area contributed by atoms with Gasteiger partial charge in [0.15, 0.2) is 0 Å². The molecule has 0 aliphatic carbocycles. The molecule has 0 bridgehead atoms. The van der Waals surface area contributed by atoms with E-state index in [0.717, 1.165) is 25.5 Å². The minimum atomic E-state index is 0.657. The van der Waals surface area contributed by atoms with E-state index < -0.39 is 0 Å². The van der Waals surface area contributed by atoms with Gasteiger partial charge in [0, 0.05) is 26.3 Å². The first-order valence-electron chi connectivity index (χ1n) is 6.85. The van der Waals surface area contributed by atoms with Gasteiger partial charge in [0.1, 0.15) is 5.82 Å². The Morgan fingerprint density at radius 1 is 1.17 bits per heavy atom. The van der Waals surface area contributed by atoms with E-state index in [9.17, 15) is 0 Å². The highest BCUT2D eigenvalue weighted by Gasteiger charge is 2.04. The zero-order chi connectivity index (χ0) is 13.5. The zero-order valence-corrected chi connectivity index (χ0v) is 12.4. The van der Waals surface area contributed by atoms with Crippen LogP contribution >= 0.6 is 0 Å². The third kappa shape index (κ3) is 5.50. The van der Waals surface area contributed by atoms with Gasteiger partial charge in [0.2, 0.25) is 0 Å². The van der Waals surface area contributed by atoms with Crippen LogP contribution < -0.4 is 10.2 Å². The standard InChI is InChI=1S/C15H27N3/c1-12(2)8-16-9-14-6-7-15(17-10-14)18(5)11-13(3)4/h6-7,10,12-13,16H,8-9,11H2,1-5H3. The first kappa shape index (κ1) is 15.0. The van der Waals surface area contributed by atoms with Crippen LogP contribution in [0.4, 0.5) is 5.82 Å². The number of anilines is 1. The van der Waals surface area contributed by atoms with Crippen molar-refractivity contribution in [1.82, 2.24) is 10.3 Å². The van der Waals surface area contributed by atoms with E-state index in [2.05, 4.69) is 62.1 Å². The quantitative estimate of drug-likeness (QED) is 0.805. The molecular weight excluding hydrogens is 222 g/mol. The fourth-order valence-corrected chi connectivity index (χ4v) is 1.89. The molecule has 102 valence electrons. The molecule has 1 N–H and O–H groups in total. The number of hydrogen-bond acceptors (Lipinski definition) is 3. The summed E-state index contributed by atoms with van der Waals surface area (Å²) in [4.78, 5) is 6.72. The Hall–Kier alpha value is -1.09. The number of nitrogens with one attached hydrogen (secondary N) is 1.